The van der Waals surface area contributed by atoms with Crippen molar-refractivity contribution in [1.82, 2.24) is 0 Å². The Bertz CT molecular complexity index is 748. The van der Waals surface area contributed by atoms with E-state index >= 15 is 0 Å². The molecular weight excluding hydrogens is 398 g/mol. The molecule has 2 N–H and O–H groups in total. The molecule has 8 nitrogen and oxygen atoms in total. The zero-order valence-corrected chi connectivity index (χ0v) is 15.3. The molecule has 134 valence electrons. The summed E-state index contributed by atoms with van der Waals surface area (Å²) in [6.45, 7) is 2.59. The van der Waals surface area contributed by atoms with Crippen molar-refractivity contribution in [2.45, 2.75) is 19.6 Å². The molecule has 0 atom stereocenters. The average molecular weight is 414 g/mol. The third kappa shape index (κ3) is 4.50. The van der Waals surface area contributed by atoms with E-state index in [1.807, 2.05) is 0 Å². The molecular formula is C16H16BrNO7. The van der Waals surface area contributed by atoms with Crippen molar-refractivity contribution in [2.24, 2.45) is 5.73 Å². The van der Waals surface area contributed by atoms with Crippen LogP contribution in [-0.4, -0.2) is 37.3 Å². The van der Waals surface area contributed by atoms with Gasteiger partial charge in [0, 0.05) is 13.8 Å². The van der Waals surface area contributed by atoms with E-state index in [-0.39, 0.29) is 23.7 Å². The summed E-state index contributed by atoms with van der Waals surface area (Å²) < 4.78 is 21.0. The van der Waals surface area contributed by atoms with Gasteiger partial charge in [-0.05, 0) is 39.7 Å². The Morgan fingerprint density at radius 2 is 1.88 bits per heavy atom. The van der Waals surface area contributed by atoms with Crippen molar-refractivity contribution in [3.05, 3.63) is 27.7 Å². The zero-order chi connectivity index (χ0) is 18.8. The number of carbonyl (C=O) groups is 3. The van der Waals surface area contributed by atoms with Crippen LogP contribution in [0.4, 0.5) is 0 Å². The second kappa shape index (κ2) is 7.14. The van der Waals surface area contributed by atoms with Crippen LogP contribution in [0.1, 0.15) is 19.4 Å². The first-order chi connectivity index (χ1) is 11.6. The lowest BCUT2D eigenvalue weighted by atomic mass is 10.1. The number of primary amides is 1. The largest absolute Gasteiger partial charge is 0.493 e. The first-order valence-electron chi connectivity index (χ1n) is 7.10. The summed E-state index contributed by atoms with van der Waals surface area (Å²) in [6, 6.07) is 3.10. The van der Waals surface area contributed by atoms with Gasteiger partial charge in [0.25, 0.3) is 11.7 Å². The van der Waals surface area contributed by atoms with Crippen LogP contribution in [0.5, 0.6) is 11.5 Å². The number of benzene rings is 1. The monoisotopic (exact) mass is 413 g/mol. The lowest BCUT2D eigenvalue weighted by Crippen LogP contribution is -2.41. The van der Waals surface area contributed by atoms with Gasteiger partial charge in [-0.15, -0.1) is 0 Å². The molecule has 0 unspecified atom stereocenters. The predicted molar refractivity (Wildman–Crippen MR) is 89.6 cm³/mol. The Morgan fingerprint density at radius 3 is 2.40 bits per heavy atom. The van der Waals surface area contributed by atoms with Gasteiger partial charge in [-0.25, -0.2) is 9.59 Å². The van der Waals surface area contributed by atoms with E-state index in [1.54, 1.807) is 6.07 Å². The molecule has 1 saturated heterocycles. The van der Waals surface area contributed by atoms with E-state index in [9.17, 15) is 14.4 Å². The number of nitrogens with two attached hydrogens (primary N) is 1. The first-order valence-corrected chi connectivity index (χ1v) is 7.89. The Kier molecular flexibility index (Phi) is 5.36. The van der Waals surface area contributed by atoms with E-state index in [1.165, 1.54) is 33.1 Å². The zero-order valence-electron chi connectivity index (χ0n) is 13.8. The molecule has 1 aliphatic heterocycles. The molecule has 0 bridgehead atoms. The summed E-state index contributed by atoms with van der Waals surface area (Å²) in [6.07, 6.45) is 1.31. The lowest BCUT2D eigenvalue weighted by Gasteiger charge is -2.29. The van der Waals surface area contributed by atoms with E-state index in [4.69, 9.17) is 24.7 Å². The molecule has 0 spiro atoms. The minimum Gasteiger partial charge on any atom is -0.493 e. The van der Waals surface area contributed by atoms with Crippen molar-refractivity contribution < 1.29 is 33.3 Å². The van der Waals surface area contributed by atoms with E-state index in [0.29, 0.717) is 10.0 Å². The maximum absolute atomic E-state index is 12.0. The fourth-order valence-electron chi connectivity index (χ4n) is 2.05. The van der Waals surface area contributed by atoms with E-state index < -0.39 is 23.6 Å². The van der Waals surface area contributed by atoms with Crippen LogP contribution in [0.15, 0.2) is 22.2 Å². The molecule has 1 heterocycles. The van der Waals surface area contributed by atoms with Gasteiger partial charge in [-0.1, -0.05) is 0 Å². The molecule has 1 aromatic rings. The van der Waals surface area contributed by atoms with E-state index in [2.05, 4.69) is 15.9 Å². The van der Waals surface area contributed by atoms with Crippen LogP contribution in [0.25, 0.3) is 6.08 Å². The quantitative estimate of drug-likeness (QED) is 0.442. The van der Waals surface area contributed by atoms with Gasteiger partial charge in [-0.2, -0.15) is 0 Å². The fraction of sp³-hybridized carbons (Fsp3) is 0.312. The second-order valence-electron chi connectivity index (χ2n) is 5.53. The van der Waals surface area contributed by atoms with Gasteiger partial charge in [0.2, 0.25) is 0 Å². The highest BCUT2D eigenvalue weighted by Gasteiger charge is 2.38. The molecule has 1 aliphatic rings. The standard InChI is InChI=1S/C16H16BrNO7/c1-16(2)24-14(20)9(15(21)25-16)4-8-5-10(17)13(11(6-8)22-3)23-7-12(18)19/h4-6H,7H2,1-3H3,(H2,18,19). The van der Waals surface area contributed by atoms with Crippen LogP contribution in [0, 0.1) is 0 Å². The van der Waals surface area contributed by atoms with Crippen molar-refractivity contribution in [2.75, 3.05) is 13.7 Å². The van der Waals surface area contributed by atoms with Crippen LogP contribution in [0.2, 0.25) is 0 Å². The fourth-order valence-corrected chi connectivity index (χ4v) is 2.63. The van der Waals surface area contributed by atoms with Gasteiger partial charge in [0.15, 0.2) is 18.1 Å². The molecule has 25 heavy (non-hydrogen) atoms. The topological polar surface area (TPSA) is 114 Å². The number of amides is 1. The number of halogens is 1. The SMILES string of the molecule is COc1cc(C=C2C(=O)OC(C)(C)OC2=O)cc(Br)c1OCC(N)=O. The molecule has 9 heteroatoms. The lowest BCUT2D eigenvalue weighted by molar-refractivity contribution is -0.222. The van der Waals surface area contributed by atoms with Gasteiger partial charge < -0.3 is 24.7 Å². The van der Waals surface area contributed by atoms with Crippen LogP contribution in [0.3, 0.4) is 0 Å². The summed E-state index contributed by atoms with van der Waals surface area (Å²) in [5, 5.41) is 0. The molecule has 0 aromatic heterocycles. The number of hydrogen-bond donors (Lipinski definition) is 1. The summed E-state index contributed by atoms with van der Waals surface area (Å²) >= 11 is 3.28. The summed E-state index contributed by atoms with van der Waals surface area (Å²) in [4.78, 5) is 34.9. The minimum atomic E-state index is -1.31. The van der Waals surface area contributed by atoms with Crippen LogP contribution in [-0.2, 0) is 23.9 Å². The predicted octanol–water partition coefficient (Wildman–Crippen LogP) is 1.54. The molecule has 0 radical (unpaired) electrons. The number of carbonyl (C=O) groups excluding carboxylic acids is 3. The maximum atomic E-state index is 12.0. The highest BCUT2D eigenvalue weighted by Crippen LogP contribution is 2.37. The molecule has 0 aliphatic carbocycles. The van der Waals surface area contributed by atoms with Gasteiger partial charge in [-0.3, -0.25) is 4.79 Å². The van der Waals surface area contributed by atoms with Gasteiger partial charge >= 0.3 is 11.9 Å². The highest BCUT2D eigenvalue weighted by molar-refractivity contribution is 9.10. The van der Waals surface area contributed by atoms with E-state index in [0.717, 1.165) is 0 Å². The van der Waals surface area contributed by atoms with Crippen molar-refractivity contribution in [3.63, 3.8) is 0 Å². The number of rotatable bonds is 5. The maximum Gasteiger partial charge on any atom is 0.348 e. The average Bonchev–Trinajstić information content (AvgIpc) is 2.48. The smallest absolute Gasteiger partial charge is 0.348 e. The van der Waals surface area contributed by atoms with Crippen LogP contribution < -0.4 is 15.2 Å². The Labute approximate surface area is 152 Å². The summed E-state index contributed by atoms with van der Waals surface area (Å²) in [5.74, 6) is -2.99. The Hall–Kier alpha value is -2.55. The van der Waals surface area contributed by atoms with Crippen molar-refractivity contribution in [1.29, 1.82) is 0 Å². The number of hydrogen-bond acceptors (Lipinski definition) is 7. The van der Waals surface area contributed by atoms with Crippen LogP contribution >= 0.6 is 15.9 Å². The van der Waals surface area contributed by atoms with Gasteiger partial charge in [0.05, 0.1) is 11.6 Å². The molecule has 0 saturated carbocycles. The second-order valence-corrected chi connectivity index (χ2v) is 6.38. The first kappa shape index (κ1) is 18.8. The normalized spacial score (nSPS) is 15.9. The molecule has 1 aromatic carbocycles. The Morgan fingerprint density at radius 1 is 1.28 bits per heavy atom. The third-order valence-electron chi connectivity index (χ3n) is 3.04. The number of esters is 2. The summed E-state index contributed by atoms with van der Waals surface area (Å²) in [7, 11) is 1.40. The number of ether oxygens (including phenoxy) is 4. The molecule has 2 rings (SSSR count). The minimum absolute atomic E-state index is 0.251. The van der Waals surface area contributed by atoms with Gasteiger partial charge in [0.1, 0.15) is 5.57 Å². The highest BCUT2D eigenvalue weighted by atomic mass is 79.9. The van der Waals surface area contributed by atoms with Crippen molar-refractivity contribution in [3.8, 4) is 11.5 Å². The molecule has 1 amide bonds. The Balaban J connectivity index is 2.37. The number of cyclic esters (lactones) is 2. The van der Waals surface area contributed by atoms with Crippen molar-refractivity contribution >= 4 is 39.9 Å². The molecule has 1 fully saturated rings. The number of methoxy groups -OCH3 is 1. The summed E-state index contributed by atoms with van der Waals surface area (Å²) in [5.41, 5.74) is 5.26. The third-order valence-corrected chi connectivity index (χ3v) is 3.63.